The predicted molar refractivity (Wildman–Crippen MR) is 140 cm³/mol. The lowest BCUT2D eigenvalue weighted by molar-refractivity contribution is -0.122. The number of hydrogen-bond acceptors (Lipinski definition) is 4. The van der Waals surface area contributed by atoms with Crippen LogP contribution in [0.5, 0.6) is 0 Å². The number of fused-ring (bicyclic) bond motifs is 1. The van der Waals surface area contributed by atoms with E-state index in [2.05, 4.69) is 48.1 Å². The molecular formula is C28H34F4N4O. The highest BCUT2D eigenvalue weighted by molar-refractivity contribution is 6.00. The van der Waals surface area contributed by atoms with Crippen LogP contribution in [0.1, 0.15) is 50.4 Å². The number of rotatable bonds is 8. The van der Waals surface area contributed by atoms with Gasteiger partial charge < -0.3 is 15.5 Å². The van der Waals surface area contributed by atoms with Crippen LogP contribution in [0.15, 0.2) is 36.9 Å². The van der Waals surface area contributed by atoms with E-state index in [0.29, 0.717) is 16.5 Å². The zero-order chi connectivity index (χ0) is 27.0. The molecule has 0 radical (unpaired) electrons. The van der Waals surface area contributed by atoms with Crippen LogP contribution >= 0.6 is 0 Å². The molecule has 5 nitrogen and oxygen atoms in total. The molecule has 0 unspecified atom stereocenters. The first-order valence-electron chi connectivity index (χ1n) is 12.6. The Labute approximate surface area is 215 Å². The number of pyridine rings is 1. The summed E-state index contributed by atoms with van der Waals surface area (Å²) < 4.78 is 54.0. The standard InChI is InChI=1S/C28H34F4N4O/c1-17(28(30,31)32)25-20-8-5-9-24(34-18-10-12-27(2,13-11-18)36(3)4)21(20)15-19(35-25)7-6-14-33-26(37)22-16-23(22)29/h5-9,15,18,22-23,34H,1,10-14,16H2,2-4H3,(H,33,37)/b7-6+/t18?,22-,23-,27?/m0/s1. The van der Waals surface area contributed by atoms with Crippen molar-refractivity contribution < 1.29 is 22.4 Å². The van der Waals surface area contributed by atoms with E-state index in [9.17, 15) is 22.4 Å². The van der Waals surface area contributed by atoms with E-state index in [1.165, 1.54) is 0 Å². The Balaban J connectivity index is 1.60. The molecule has 1 heterocycles. The predicted octanol–water partition coefficient (Wildman–Crippen LogP) is 5.97. The van der Waals surface area contributed by atoms with Crippen molar-refractivity contribution in [2.45, 2.75) is 63.0 Å². The summed E-state index contributed by atoms with van der Waals surface area (Å²) in [7, 11) is 4.18. The summed E-state index contributed by atoms with van der Waals surface area (Å²) in [6.07, 6.45) is 1.61. The number of halogens is 4. The van der Waals surface area contributed by atoms with Gasteiger partial charge in [0.25, 0.3) is 0 Å². The lowest BCUT2D eigenvalue weighted by Gasteiger charge is -2.42. The average Bonchev–Trinajstić information content (AvgIpc) is 3.58. The van der Waals surface area contributed by atoms with Gasteiger partial charge in [0.05, 0.1) is 22.9 Å². The summed E-state index contributed by atoms with van der Waals surface area (Å²) in [5, 5.41) is 7.18. The Morgan fingerprint density at radius 2 is 1.92 bits per heavy atom. The van der Waals surface area contributed by atoms with Crippen molar-refractivity contribution >= 4 is 34.0 Å². The fourth-order valence-corrected chi connectivity index (χ4v) is 4.83. The van der Waals surface area contributed by atoms with Gasteiger partial charge in [-0.1, -0.05) is 24.8 Å². The van der Waals surface area contributed by atoms with Gasteiger partial charge >= 0.3 is 6.18 Å². The summed E-state index contributed by atoms with van der Waals surface area (Å²) >= 11 is 0. The van der Waals surface area contributed by atoms with Gasteiger partial charge in [-0.05, 0) is 71.3 Å². The highest BCUT2D eigenvalue weighted by atomic mass is 19.4. The second-order valence-electron chi connectivity index (χ2n) is 10.6. The van der Waals surface area contributed by atoms with Crippen LogP contribution in [0.2, 0.25) is 0 Å². The average molecular weight is 519 g/mol. The molecule has 2 atom stereocenters. The van der Waals surface area contributed by atoms with Crippen molar-refractivity contribution in [2.24, 2.45) is 5.92 Å². The van der Waals surface area contributed by atoms with Crippen LogP contribution in [0.25, 0.3) is 22.4 Å². The minimum atomic E-state index is -4.63. The summed E-state index contributed by atoms with van der Waals surface area (Å²) in [5.74, 6) is -0.961. The van der Waals surface area contributed by atoms with Crippen LogP contribution in [0.3, 0.4) is 0 Å². The molecule has 9 heteroatoms. The highest BCUT2D eigenvalue weighted by Gasteiger charge is 2.43. The number of benzene rings is 1. The molecule has 2 N–H and O–H groups in total. The Morgan fingerprint density at radius 3 is 2.51 bits per heavy atom. The zero-order valence-electron chi connectivity index (χ0n) is 21.5. The van der Waals surface area contributed by atoms with Crippen LogP contribution < -0.4 is 10.6 Å². The first-order chi connectivity index (χ1) is 17.4. The monoisotopic (exact) mass is 518 g/mol. The third kappa shape index (κ3) is 6.14. The van der Waals surface area contributed by atoms with Crippen LogP contribution in [0.4, 0.5) is 23.2 Å². The lowest BCUT2D eigenvalue weighted by Crippen LogP contribution is -2.46. The van der Waals surface area contributed by atoms with E-state index in [-0.39, 0.29) is 36.1 Å². The number of nitrogens with zero attached hydrogens (tertiary/aromatic N) is 2. The maximum atomic E-state index is 13.7. The Kier molecular flexibility index (Phi) is 7.65. The molecule has 0 aliphatic heterocycles. The van der Waals surface area contributed by atoms with Crippen LogP contribution in [-0.2, 0) is 4.79 Å². The number of carbonyl (C=O) groups excluding carboxylic acids is 1. The third-order valence-electron chi connectivity index (χ3n) is 7.76. The maximum Gasteiger partial charge on any atom is 0.417 e. The van der Waals surface area contributed by atoms with Crippen molar-refractivity contribution in [1.29, 1.82) is 0 Å². The first kappa shape index (κ1) is 27.1. The molecule has 2 aliphatic rings. The molecular weight excluding hydrogens is 484 g/mol. The first-order valence-corrected chi connectivity index (χ1v) is 12.6. The van der Waals surface area contributed by atoms with E-state index in [0.717, 1.165) is 31.4 Å². The number of hydrogen-bond donors (Lipinski definition) is 2. The molecule has 0 saturated heterocycles. The second kappa shape index (κ2) is 10.4. The number of carbonyl (C=O) groups is 1. The van der Waals surface area contributed by atoms with Crippen LogP contribution in [0, 0.1) is 5.92 Å². The van der Waals surface area contributed by atoms with Gasteiger partial charge in [0.2, 0.25) is 5.91 Å². The van der Waals surface area contributed by atoms with Gasteiger partial charge in [-0.2, -0.15) is 13.2 Å². The Morgan fingerprint density at radius 1 is 1.24 bits per heavy atom. The number of aromatic nitrogens is 1. The number of amides is 1. The van der Waals surface area contributed by atoms with E-state index in [1.807, 2.05) is 6.07 Å². The highest BCUT2D eigenvalue weighted by Crippen LogP contribution is 2.39. The van der Waals surface area contributed by atoms with Gasteiger partial charge in [-0.3, -0.25) is 4.79 Å². The Bertz CT molecular complexity index is 1200. The molecule has 1 aromatic heterocycles. The van der Waals surface area contributed by atoms with Gasteiger partial charge in [0.15, 0.2) is 0 Å². The number of allylic oxidation sites excluding steroid dienone is 1. The summed E-state index contributed by atoms with van der Waals surface area (Å²) in [4.78, 5) is 18.3. The molecule has 0 spiro atoms. The molecule has 0 bridgehead atoms. The zero-order valence-corrected chi connectivity index (χ0v) is 21.5. The van der Waals surface area contributed by atoms with Gasteiger partial charge in [0.1, 0.15) is 6.17 Å². The van der Waals surface area contributed by atoms with Crippen molar-refractivity contribution in [2.75, 3.05) is 26.0 Å². The van der Waals surface area contributed by atoms with Gasteiger partial charge in [-0.15, -0.1) is 0 Å². The van der Waals surface area contributed by atoms with Crippen molar-refractivity contribution in [1.82, 2.24) is 15.2 Å². The van der Waals surface area contributed by atoms with E-state index >= 15 is 0 Å². The number of anilines is 1. The minimum absolute atomic E-state index is 0.129. The fourth-order valence-electron chi connectivity index (χ4n) is 4.83. The van der Waals surface area contributed by atoms with Gasteiger partial charge in [-0.25, -0.2) is 9.37 Å². The van der Waals surface area contributed by atoms with Gasteiger partial charge in [0, 0.05) is 34.6 Å². The second-order valence-corrected chi connectivity index (χ2v) is 10.6. The summed E-state index contributed by atoms with van der Waals surface area (Å²) in [6.45, 7) is 5.67. The largest absolute Gasteiger partial charge is 0.417 e. The maximum absolute atomic E-state index is 13.7. The van der Waals surface area contributed by atoms with E-state index in [4.69, 9.17) is 0 Å². The molecule has 2 aromatic rings. The van der Waals surface area contributed by atoms with E-state index in [1.54, 1.807) is 30.4 Å². The molecule has 200 valence electrons. The van der Waals surface area contributed by atoms with Crippen LogP contribution in [-0.4, -0.2) is 60.4 Å². The van der Waals surface area contributed by atoms with Crippen molar-refractivity contribution in [3.63, 3.8) is 0 Å². The number of nitrogens with one attached hydrogen (secondary N) is 2. The third-order valence-corrected chi connectivity index (χ3v) is 7.76. The molecule has 2 saturated carbocycles. The molecule has 2 aliphatic carbocycles. The minimum Gasteiger partial charge on any atom is -0.382 e. The lowest BCUT2D eigenvalue weighted by atomic mass is 9.80. The Hall–Kier alpha value is -2.94. The molecule has 1 amide bonds. The molecule has 2 fully saturated rings. The quantitative estimate of drug-likeness (QED) is 0.423. The smallest absolute Gasteiger partial charge is 0.382 e. The molecule has 37 heavy (non-hydrogen) atoms. The normalized spacial score (nSPS) is 26.0. The SMILES string of the molecule is C=C(c1nc(/C=C/CNC(=O)[C@H]2C[C@@H]2F)cc2c(NC3CCC(C)(N(C)C)CC3)cccc12)C(F)(F)F. The number of alkyl halides is 4. The van der Waals surface area contributed by atoms with Crippen molar-refractivity contribution in [3.8, 4) is 0 Å². The summed E-state index contributed by atoms with van der Waals surface area (Å²) in [5.41, 5.74) is -0.0359. The topological polar surface area (TPSA) is 57.3 Å². The summed E-state index contributed by atoms with van der Waals surface area (Å²) in [6, 6.07) is 7.18. The molecule has 1 aromatic carbocycles. The van der Waals surface area contributed by atoms with Crippen molar-refractivity contribution in [3.05, 3.63) is 48.3 Å². The van der Waals surface area contributed by atoms with E-state index < -0.39 is 23.8 Å². The fraction of sp³-hybridized carbons (Fsp3) is 0.500. The molecule has 4 rings (SSSR count).